The van der Waals surface area contributed by atoms with Crippen molar-refractivity contribution in [3.8, 4) is 0 Å². The molecule has 162 valence electrons. The minimum atomic E-state index is -0.849. The lowest BCUT2D eigenvalue weighted by atomic mass is 9.73. The van der Waals surface area contributed by atoms with E-state index in [0.717, 1.165) is 28.7 Å². The average molecular weight is 414 g/mol. The Morgan fingerprint density at radius 3 is 2.50 bits per heavy atom. The van der Waals surface area contributed by atoms with Crippen molar-refractivity contribution in [2.75, 3.05) is 6.61 Å². The van der Waals surface area contributed by atoms with Gasteiger partial charge < -0.3 is 19.9 Å². The van der Waals surface area contributed by atoms with Gasteiger partial charge in [-0.1, -0.05) is 17.7 Å². The first-order chi connectivity index (χ1) is 13.9. The van der Waals surface area contributed by atoms with Crippen LogP contribution >= 0.6 is 0 Å². The number of hydrogen-bond donors (Lipinski definition) is 2. The van der Waals surface area contributed by atoms with Crippen LogP contribution in [-0.2, 0) is 14.3 Å². The van der Waals surface area contributed by atoms with Gasteiger partial charge in [-0.25, -0.2) is 4.79 Å². The summed E-state index contributed by atoms with van der Waals surface area (Å²) in [7, 11) is 0. The molecule has 6 nitrogen and oxygen atoms in total. The molecule has 1 amide bonds. The van der Waals surface area contributed by atoms with E-state index in [1.54, 1.807) is 0 Å². The summed E-state index contributed by atoms with van der Waals surface area (Å²) in [4.78, 5) is 25.6. The highest BCUT2D eigenvalue weighted by molar-refractivity contribution is 6.26. The molecular weight excluding hydrogens is 382 g/mol. The van der Waals surface area contributed by atoms with E-state index in [0.29, 0.717) is 12.0 Å². The topological polar surface area (TPSA) is 84.9 Å². The summed E-state index contributed by atoms with van der Waals surface area (Å²) in [5, 5.41) is 14.0. The predicted molar refractivity (Wildman–Crippen MR) is 113 cm³/mol. The minimum absolute atomic E-state index is 0.0169. The first kappa shape index (κ1) is 20.9. The van der Waals surface area contributed by atoms with Gasteiger partial charge in [0.2, 0.25) is 0 Å². The molecule has 0 unspecified atom stereocenters. The Morgan fingerprint density at radius 1 is 1.27 bits per heavy atom. The third-order valence-corrected chi connectivity index (χ3v) is 6.52. The number of carbonyl (C=O) groups excluding carboxylic acids is 2. The Labute approximate surface area is 177 Å². The van der Waals surface area contributed by atoms with E-state index in [-0.39, 0.29) is 24.3 Å². The van der Waals surface area contributed by atoms with Crippen LogP contribution in [0.4, 0.5) is 4.79 Å². The maximum atomic E-state index is 13.4. The van der Waals surface area contributed by atoms with Crippen molar-refractivity contribution in [3.05, 3.63) is 40.1 Å². The quantitative estimate of drug-likeness (QED) is 0.778. The molecule has 30 heavy (non-hydrogen) atoms. The molecule has 1 aliphatic carbocycles. The molecule has 6 heteroatoms. The Hall–Kier alpha value is -2.34. The summed E-state index contributed by atoms with van der Waals surface area (Å²) in [5.74, 6) is -0.857. The van der Waals surface area contributed by atoms with Crippen LogP contribution in [0.1, 0.15) is 55.9 Å². The predicted octanol–water partition coefficient (Wildman–Crippen LogP) is 4.15. The van der Waals surface area contributed by atoms with Crippen molar-refractivity contribution in [1.82, 2.24) is 5.32 Å². The van der Waals surface area contributed by atoms with Crippen LogP contribution in [-0.4, -0.2) is 40.8 Å². The SMILES string of the molecule is Cc1cc(C)c(C2=C(O)[C@H]3[C@@H](C2=O)[C@@H]2CC[C@@]3(COC(=O)NC(C)(C)C)O2)c(C)c1. The summed E-state index contributed by atoms with van der Waals surface area (Å²) in [6, 6.07) is 4.07. The summed E-state index contributed by atoms with van der Waals surface area (Å²) >= 11 is 0. The monoisotopic (exact) mass is 413 g/mol. The van der Waals surface area contributed by atoms with Gasteiger partial charge in [-0.05, 0) is 71.1 Å². The van der Waals surface area contributed by atoms with Crippen LogP contribution in [0, 0.1) is 32.6 Å². The number of alkyl carbamates (subject to hydrolysis) is 1. The number of fused-ring (bicyclic) bond motifs is 5. The number of amides is 1. The number of ether oxygens (including phenoxy) is 2. The molecular formula is C24H31NO5. The van der Waals surface area contributed by atoms with Crippen LogP contribution in [0.5, 0.6) is 0 Å². The Balaban J connectivity index is 1.67. The van der Waals surface area contributed by atoms with Gasteiger partial charge in [-0.3, -0.25) is 4.79 Å². The molecule has 0 spiro atoms. The second-order valence-electron chi connectivity index (χ2n) is 10.1. The number of aliphatic hydroxyl groups is 1. The number of aryl methyl sites for hydroxylation is 3. The number of ketones is 1. The zero-order chi connectivity index (χ0) is 22.0. The largest absolute Gasteiger partial charge is 0.511 e. The molecule has 2 N–H and O–H groups in total. The zero-order valence-electron chi connectivity index (χ0n) is 18.6. The Bertz CT molecular complexity index is 934. The number of rotatable bonds is 3. The van der Waals surface area contributed by atoms with Gasteiger partial charge in [0.15, 0.2) is 5.78 Å². The highest BCUT2D eigenvalue weighted by atomic mass is 16.6. The van der Waals surface area contributed by atoms with Crippen molar-refractivity contribution in [2.24, 2.45) is 11.8 Å². The number of nitrogens with one attached hydrogen (secondary N) is 1. The van der Waals surface area contributed by atoms with Crippen molar-refractivity contribution in [1.29, 1.82) is 0 Å². The first-order valence-corrected chi connectivity index (χ1v) is 10.6. The highest BCUT2D eigenvalue weighted by Gasteiger charge is 2.67. The van der Waals surface area contributed by atoms with Crippen LogP contribution in [0.15, 0.2) is 17.9 Å². The maximum absolute atomic E-state index is 13.4. The summed E-state index contributed by atoms with van der Waals surface area (Å²) in [6.07, 6.45) is 0.606. The Kier molecular flexibility index (Phi) is 4.77. The van der Waals surface area contributed by atoms with Gasteiger partial charge in [-0.2, -0.15) is 0 Å². The van der Waals surface area contributed by atoms with E-state index in [4.69, 9.17) is 9.47 Å². The molecule has 2 aliphatic heterocycles. The van der Waals surface area contributed by atoms with Gasteiger partial charge in [-0.15, -0.1) is 0 Å². The summed E-state index contributed by atoms with van der Waals surface area (Å²) in [5.41, 5.74) is 3.05. The fourth-order valence-corrected chi connectivity index (χ4v) is 5.57. The van der Waals surface area contributed by atoms with E-state index in [2.05, 4.69) is 5.32 Å². The molecule has 2 heterocycles. The van der Waals surface area contributed by atoms with Crippen molar-refractivity contribution in [3.63, 3.8) is 0 Å². The number of aliphatic hydroxyl groups excluding tert-OH is 1. The Morgan fingerprint density at radius 2 is 1.90 bits per heavy atom. The van der Waals surface area contributed by atoms with E-state index >= 15 is 0 Å². The first-order valence-electron chi connectivity index (χ1n) is 10.6. The third-order valence-electron chi connectivity index (χ3n) is 6.52. The van der Waals surface area contributed by atoms with Gasteiger partial charge in [0, 0.05) is 5.54 Å². The van der Waals surface area contributed by atoms with Crippen LogP contribution in [0.2, 0.25) is 0 Å². The molecule has 2 saturated heterocycles. The highest BCUT2D eigenvalue weighted by Crippen LogP contribution is 2.59. The van der Waals surface area contributed by atoms with Crippen molar-refractivity contribution in [2.45, 2.75) is 71.6 Å². The molecule has 4 atom stereocenters. The molecule has 4 rings (SSSR count). The normalized spacial score (nSPS) is 30.1. The minimum Gasteiger partial charge on any atom is -0.511 e. The molecule has 0 radical (unpaired) electrons. The summed E-state index contributed by atoms with van der Waals surface area (Å²) < 4.78 is 11.7. The third kappa shape index (κ3) is 3.22. The van der Waals surface area contributed by atoms with Gasteiger partial charge in [0.1, 0.15) is 18.0 Å². The number of allylic oxidation sites excluding steroid dienone is 1. The van der Waals surface area contributed by atoms with Crippen LogP contribution < -0.4 is 5.32 Å². The van der Waals surface area contributed by atoms with Gasteiger partial charge in [0.05, 0.1) is 23.5 Å². The molecule has 0 saturated carbocycles. The van der Waals surface area contributed by atoms with Gasteiger partial charge >= 0.3 is 6.09 Å². The van der Waals surface area contributed by atoms with E-state index in [1.165, 1.54) is 0 Å². The lowest BCUT2D eigenvalue weighted by Crippen LogP contribution is -2.46. The fraction of sp³-hybridized carbons (Fsp3) is 0.583. The summed E-state index contributed by atoms with van der Waals surface area (Å²) in [6.45, 7) is 11.6. The van der Waals surface area contributed by atoms with E-state index in [9.17, 15) is 14.7 Å². The number of benzene rings is 1. The lowest BCUT2D eigenvalue weighted by molar-refractivity contribution is -0.118. The average Bonchev–Trinajstić information content (AvgIpc) is 3.24. The molecule has 2 bridgehead atoms. The van der Waals surface area contributed by atoms with Crippen molar-refractivity contribution >= 4 is 17.4 Å². The van der Waals surface area contributed by atoms with Gasteiger partial charge in [0.25, 0.3) is 0 Å². The maximum Gasteiger partial charge on any atom is 0.407 e. The van der Waals surface area contributed by atoms with Crippen LogP contribution in [0.25, 0.3) is 5.57 Å². The molecule has 0 aromatic heterocycles. The smallest absolute Gasteiger partial charge is 0.407 e. The second kappa shape index (κ2) is 6.84. The molecule has 1 aromatic carbocycles. The number of hydrogen-bond acceptors (Lipinski definition) is 5. The molecule has 3 aliphatic rings. The van der Waals surface area contributed by atoms with Crippen LogP contribution in [0.3, 0.4) is 0 Å². The second-order valence-corrected chi connectivity index (χ2v) is 10.1. The van der Waals surface area contributed by atoms with E-state index < -0.39 is 29.1 Å². The fourth-order valence-electron chi connectivity index (χ4n) is 5.57. The molecule has 1 aromatic rings. The molecule has 2 fully saturated rings. The van der Waals surface area contributed by atoms with Crippen molar-refractivity contribution < 1.29 is 24.2 Å². The van der Waals surface area contributed by atoms with E-state index in [1.807, 2.05) is 53.7 Å². The lowest BCUT2D eigenvalue weighted by Gasteiger charge is -2.32. The zero-order valence-corrected chi connectivity index (χ0v) is 18.6. The number of carbonyl (C=O) groups is 2. The standard InChI is InChI=1S/C24H31NO5/c1-12-9-13(2)16(14(3)10-12)18-20(26)17-15-7-8-24(30-15,19(17)21(18)27)11-29-22(28)25-23(4,5)6/h9-10,15,17,19,27H,7-8,11H2,1-6H3,(H,25,28)/t15-,17-,19+,24-/m0/s1. The number of Topliss-reactive ketones (excluding diaryl/α,β-unsaturated/α-hetero) is 1.